The molecule has 2 atom stereocenters. The molecule has 3 aromatic rings. The highest BCUT2D eigenvalue weighted by molar-refractivity contribution is 7.18. The standard InChI is InChI=1S/C19H19F5N4OS/c1-9-27-15-13(16(29-3)19(22,23)24)12(8-26-18(15)30-9)28-11-6-4-10(5-7-11)14(25-2)17(20)21/h4-8,14,16-17,25,28H,1-3H3/t14-,16+/m0/s1. The van der Waals surface area contributed by atoms with Crippen LogP contribution in [0, 0.1) is 6.92 Å². The van der Waals surface area contributed by atoms with Crippen molar-refractivity contribution in [3.63, 3.8) is 0 Å². The lowest BCUT2D eigenvalue weighted by atomic mass is 10.1. The number of benzene rings is 1. The van der Waals surface area contributed by atoms with Gasteiger partial charge in [-0.2, -0.15) is 13.2 Å². The van der Waals surface area contributed by atoms with Crippen LogP contribution in [0.4, 0.5) is 33.3 Å². The number of thiazole rings is 1. The quantitative estimate of drug-likeness (QED) is 0.468. The molecule has 0 aliphatic rings. The number of nitrogens with zero attached hydrogens (tertiary/aromatic N) is 2. The van der Waals surface area contributed by atoms with Crippen LogP contribution in [0.15, 0.2) is 30.5 Å². The van der Waals surface area contributed by atoms with Gasteiger partial charge in [0.1, 0.15) is 10.3 Å². The SMILES string of the molecule is CN[C@@H](c1ccc(Nc2cnc3sc(C)nc3c2[C@@H](OC)C(F)(F)F)cc1)C(F)F. The van der Waals surface area contributed by atoms with Crippen molar-refractivity contribution >= 4 is 33.1 Å². The minimum absolute atomic E-state index is 0.0729. The summed E-state index contributed by atoms with van der Waals surface area (Å²) in [6.07, 6.45) is -8.19. The fourth-order valence-corrected chi connectivity index (χ4v) is 3.92. The van der Waals surface area contributed by atoms with Gasteiger partial charge in [0.05, 0.1) is 22.9 Å². The minimum atomic E-state index is -4.67. The predicted molar refractivity (Wildman–Crippen MR) is 105 cm³/mol. The summed E-state index contributed by atoms with van der Waals surface area (Å²) in [5.41, 5.74) is 0.769. The van der Waals surface area contributed by atoms with Crippen LogP contribution in [0.25, 0.3) is 10.3 Å². The van der Waals surface area contributed by atoms with Crippen LogP contribution >= 0.6 is 11.3 Å². The average molecular weight is 446 g/mol. The van der Waals surface area contributed by atoms with Gasteiger partial charge in [-0.05, 0) is 31.7 Å². The molecular weight excluding hydrogens is 427 g/mol. The molecule has 0 spiro atoms. The van der Waals surface area contributed by atoms with Gasteiger partial charge in [-0.15, -0.1) is 0 Å². The molecule has 0 radical (unpaired) electrons. The molecule has 30 heavy (non-hydrogen) atoms. The van der Waals surface area contributed by atoms with Crippen LogP contribution in [0.2, 0.25) is 0 Å². The summed E-state index contributed by atoms with van der Waals surface area (Å²) in [4.78, 5) is 8.78. The topological polar surface area (TPSA) is 59.1 Å². The van der Waals surface area contributed by atoms with Gasteiger partial charge in [0, 0.05) is 18.4 Å². The molecular formula is C19H19F5N4OS. The number of methoxy groups -OCH3 is 1. The Morgan fingerprint density at radius 2 is 1.80 bits per heavy atom. The molecule has 2 heterocycles. The van der Waals surface area contributed by atoms with Crippen molar-refractivity contribution in [2.75, 3.05) is 19.5 Å². The van der Waals surface area contributed by atoms with E-state index in [2.05, 4.69) is 20.6 Å². The molecule has 0 saturated heterocycles. The highest BCUT2D eigenvalue weighted by atomic mass is 32.1. The largest absolute Gasteiger partial charge is 0.419 e. The molecule has 0 bridgehead atoms. The maximum atomic E-state index is 13.6. The molecule has 0 aliphatic heterocycles. The number of alkyl halides is 5. The summed E-state index contributed by atoms with van der Waals surface area (Å²) in [6, 6.07) is 4.83. The lowest BCUT2D eigenvalue weighted by Crippen LogP contribution is -2.24. The number of aryl methyl sites for hydroxylation is 1. The zero-order valence-corrected chi connectivity index (χ0v) is 17.0. The molecule has 0 aliphatic carbocycles. The molecule has 11 heteroatoms. The molecule has 162 valence electrons. The van der Waals surface area contributed by atoms with Crippen molar-refractivity contribution in [1.29, 1.82) is 0 Å². The number of pyridine rings is 1. The summed E-state index contributed by atoms with van der Waals surface area (Å²) >= 11 is 1.18. The lowest BCUT2D eigenvalue weighted by molar-refractivity contribution is -0.215. The van der Waals surface area contributed by atoms with E-state index >= 15 is 0 Å². The molecule has 3 rings (SSSR count). The molecule has 2 aromatic heterocycles. The van der Waals surface area contributed by atoms with E-state index < -0.39 is 24.7 Å². The predicted octanol–water partition coefficient (Wildman–Crippen LogP) is 5.52. The summed E-state index contributed by atoms with van der Waals surface area (Å²) in [5.74, 6) is 0. The molecule has 0 saturated carbocycles. The van der Waals surface area contributed by atoms with E-state index in [-0.39, 0.29) is 16.8 Å². The Morgan fingerprint density at radius 3 is 2.33 bits per heavy atom. The van der Waals surface area contributed by atoms with Crippen molar-refractivity contribution in [3.8, 4) is 0 Å². The number of aromatic nitrogens is 2. The number of hydrogen-bond acceptors (Lipinski definition) is 6. The van der Waals surface area contributed by atoms with Gasteiger partial charge >= 0.3 is 6.18 Å². The molecule has 5 nitrogen and oxygen atoms in total. The van der Waals surface area contributed by atoms with Gasteiger partial charge < -0.3 is 15.4 Å². The first-order chi connectivity index (χ1) is 14.2. The number of rotatable bonds is 7. The second-order valence-corrected chi connectivity index (χ2v) is 7.66. The Labute approximate surface area is 173 Å². The van der Waals surface area contributed by atoms with E-state index in [0.717, 1.165) is 7.11 Å². The van der Waals surface area contributed by atoms with E-state index in [4.69, 9.17) is 4.74 Å². The second kappa shape index (κ2) is 8.78. The third kappa shape index (κ3) is 4.52. The Balaban J connectivity index is 2.03. The molecule has 0 fully saturated rings. The minimum Gasteiger partial charge on any atom is -0.367 e. The number of fused-ring (bicyclic) bond motifs is 1. The van der Waals surface area contributed by atoms with Crippen molar-refractivity contribution in [2.24, 2.45) is 0 Å². The highest BCUT2D eigenvalue weighted by Crippen LogP contribution is 2.43. The third-order valence-corrected chi connectivity index (χ3v) is 5.36. The van der Waals surface area contributed by atoms with Gasteiger partial charge in [0.2, 0.25) is 0 Å². The van der Waals surface area contributed by atoms with Crippen LogP contribution in [-0.2, 0) is 4.74 Å². The summed E-state index contributed by atoms with van der Waals surface area (Å²) < 4.78 is 71.8. The van der Waals surface area contributed by atoms with Gasteiger partial charge in [-0.1, -0.05) is 23.5 Å². The first kappa shape index (κ1) is 22.3. The number of ether oxygens (including phenoxy) is 1. The fourth-order valence-electron chi connectivity index (χ4n) is 3.15. The molecule has 2 N–H and O–H groups in total. The van der Waals surface area contributed by atoms with E-state index in [1.807, 2.05) is 0 Å². The Hall–Kier alpha value is -2.37. The van der Waals surface area contributed by atoms with Gasteiger partial charge in [0.25, 0.3) is 6.43 Å². The Bertz CT molecular complexity index is 1010. The number of anilines is 2. The van der Waals surface area contributed by atoms with Gasteiger partial charge in [-0.25, -0.2) is 18.7 Å². The highest BCUT2D eigenvalue weighted by Gasteiger charge is 2.44. The van der Waals surface area contributed by atoms with E-state index in [0.29, 0.717) is 21.1 Å². The Morgan fingerprint density at radius 1 is 1.13 bits per heavy atom. The van der Waals surface area contributed by atoms with Gasteiger partial charge in [-0.3, -0.25) is 0 Å². The number of nitrogens with one attached hydrogen (secondary N) is 2. The monoisotopic (exact) mass is 446 g/mol. The fraction of sp³-hybridized carbons (Fsp3) is 0.368. The second-order valence-electron chi connectivity index (χ2n) is 6.48. The summed E-state index contributed by atoms with van der Waals surface area (Å²) in [5, 5.41) is 5.99. The smallest absolute Gasteiger partial charge is 0.367 e. The first-order valence-corrected chi connectivity index (χ1v) is 9.65. The van der Waals surface area contributed by atoms with Crippen molar-refractivity contribution in [2.45, 2.75) is 31.7 Å². The average Bonchev–Trinajstić information content (AvgIpc) is 3.05. The maximum absolute atomic E-state index is 13.6. The zero-order chi connectivity index (χ0) is 22.1. The normalized spacial score (nSPS) is 14.3. The van der Waals surface area contributed by atoms with Crippen LogP contribution in [0.3, 0.4) is 0 Å². The van der Waals surface area contributed by atoms with Crippen LogP contribution in [-0.4, -0.2) is 36.7 Å². The third-order valence-electron chi connectivity index (χ3n) is 4.48. The number of hydrogen-bond donors (Lipinski definition) is 2. The maximum Gasteiger partial charge on any atom is 0.419 e. The number of halogens is 5. The van der Waals surface area contributed by atoms with Crippen LogP contribution in [0.5, 0.6) is 0 Å². The molecule has 0 unspecified atom stereocenters. The molecule has 0 amide bonds. The van der Waals surface area contributed by atoms with Gasteiger partial charge in [0.15, 0.2) is 6.10 Å². The zero-order valence-electron chi connectivity index (χ0n) is 16.2. The van der Waals surface area contributed by atoms with Crippen molar-refractivity contribution in [3.05, 3.63) is 46.6 Å². The lowest BCUT2D eigenvalue weighted by Gasteiger charge is -2.22. The van der Waals surface area contributed by atoms with Crippen LogP contribution < -0.4 is 10.6 Å². The van der Waals surface area contributed by atoms with Crippen molar-refractivity contribution < 1.29 is 26.7 Å². The van der Waals surface area contributed by atoms with Crippen molar-refractivity contribution in [1.82, 2.24) is 15.3 Å². The van der Waals surface area contributed by atoms with E-state index in [1.54, 1.807) is 6.92 Å². The summed E-state index contributed by atoms with van der Waals surface area (Å²) in [6.45, 7) is 1.68. The van der Waals surface area contributed by atoms with Crippen LogP contribution in [0.1, 0.15) is 28.3 Å². The van der Waals surface area contributed by atoms with E-state index in [9.17, 15) is 22.0 Å². The summed E-state index contributed by atoms with van der Waals surface area (Å²) in [7, 11) is 2.40. The first-order valence-electron chi connectivity index (χ1n) is 8.83. The molecule has 1 aromatic carbocycles. The van der Waals surface area contributed by atoms with E-state index in [1.165, 1.54) is 48.8 Å². The Kier molecular flexibility index (Phi) is 6.53.